The van der Waals surface area contributed by atoms with E-state index in [0.717, 1.165) is 87.6 Å². The summed E-state index contributed by atoms with van der Waals surface area (Å²) in [5, 5.41) is 4.26. The number of carbonyl (C=O) groups is 1. The van der Waals surface area contributed by atoms with Gasteiger partial charge in [-0.1, -0.05) is 12.1 Å². The summed E-state index contributed by atoms with van der Waals surface area (Å²) in [6, 6.07) is 10.3. The van der Waals surface area contributed by atoms with Gasteiger partial charge in [-0.3, -0.25) is 4.79 Å². The number of fused-ring (bicyclic) bond motifs is 1. The second-order valence-corrected chi connectivity index (χ2v) is 8.73. The van der Waals surface area contributed by atoms with E-state index in [1.807, 2.05) is 29.4 Å². The van der Waals surface area contributed by atoms with Crippen LogP contribution in [0.2, 0.25) is 0 Å². The molecule has 3 aromatic rings. The first-order valence-electron chi connectivity index (χ1n) is 12.0. The normalized spacial score (nSPS) is 17.4. The monoisotopic (exact) mass is 461 g/mol. The molecule has 4 heterocycles. The number of hydrogen-bond donors (Lipinski definition) is 1. The zero-order valence-electron chi connectivity index (χ0n) is 19.6. The molecule has 1 N–H and O–H groups in total. The van der Waals surface area contributed by atoms with Crippen LogP contribution in [-0.2, 0) is 9.53 Å². The van der Waals surface area contributed by atoms with Crippen LogP contribution in [0.5, 0.6) is 0 Å². The number of anilines is 4. The van der Waals surface area contributed by atoms with Crippen LogP contribution in [0.25, 0.3) is 10.9 Å². The van der Waals surface area contributed by atoms with Gasteiger partial charge in [0.25, 0.3) is 0 Å². The standard InChI is InChI=1S/C25H31N7O2/c1-19(33)30-9-3-11-32(12-4-10-30)22-6-2-5-20-17-27-25(29-24(20)22)28-23-8-7-21(18-26-23)31-13-15-34-16-14-31/h2,5-8,17-18H,3-4,9-16H2,1H3,(H,26,27,28,29). The summed E-state index contributed by atoms with van der Waals surface area (Å²) in [7, 11) is 0. The molecule has 0 bridgehead atoms. The Morgan fingerprint density at radius 3 is 2.41 bits per heavy atom. The maximum atomic E-state index is 11.8. The van der Waals surface area contributed by atoms with Gasteiger partial charge in [-0.05, 0) is 31.0 Å². The number of rotatable bonds is 4. The fraction of sp³-hybridized carbons (Fsp3) is 0.440. The minimum Gasteiger partial charge on any atom is -0.378 e. The lowest BCUT2D eigenvalue weighted by Crippen LogP contribution is -2.38. The van der Waals surface area contributed by atoms with Crippen molar-refractivity contribution in [2.24, 2.45) is 0 Å². The number of carbonyl (C=O) groups excluding carboxylic acids is 1. The van der Waals surface area contributed by atoms with Gasteiger partial charge < -0.3 is 24.8 Å². The van der Waals surface area contributed by atoms with Gasteiger partial charge >= 0.3 is 0 Å². The number of hydrogen-bond acceptors (Lipinski definition) is 8. The van der Waals surface area contributed by atoms with Crippen molar-refractivity contribution < 1.29 is 9.53 Å². The van der Waals surface area contributed by atoms with Crippen molar-refractivity contribution in [3.05, 3.63) is 42.7 Å². The Labute approximate surface area is 199 Å². The molecule has 2 aromatic heterocycles. The number of ether oxygens (including phenoxy) is 1. The first-order valence-corrected chi connectivity index (χ1v) is 12.0. The molecule has 2 aliphatic rings. The highest BCUT2D eigenvalue weighted by Gasteiger charge is 2.18. The molecule has 0 radical (unpaired) electrons. The highest BCUT2D eigenvalue weighted by Crippen LogP contribution is 2.27. The molecular formula is C25H31N7O2. The van der Waals surface area contributed by atoms with Crippen LogP contribution in [0.15, 0.2) is 42.7 Å². The van der Waals surface area contributed by atoms with Gasteiger partial charge in [0.15, 0.2) is 0 Å². The largest absolute Gasteiger partial charge is 0.378 e. The first-order chi connectivity index (χ1) is 16.7. The van der Waals surface area contributed by atoms with E-state index in [-0.39, 0.29) is 5.91 Å². The summed E-state index contributed by atoms with van der Waals surface area (Å²) in [5.41, 5.74) is 3.12. The highest BCUT2D eigenvalue weighted by molar-refractivity contribution is 5.91. The molecule has 2 aliphatic heterocycles. The number of morpholine rings is 1. The lowest BCUT2D eigenvalue weighted by molar-refractivity contribution is -0.129. The highest BCUT2D eigenvalue weighted by atomic mass is 16.5. The Hall–Kier alpha value is -3.46. The summed E-state index contributed by atoms with van der Waals surface area (Å²) in [4.78, 5) is 32.3. The molecule has 1 aromatic carbocycles. The molecule has 34 heavy (non-hydrogen) atoms. The van der Waals surface area contributed by atoms with E-state index < -0.39 is 0 Å². The third-order valence-electron chi connectivity index (χ3n) is 6.45. The molecule has 0 saturated carbocycles. The summed E-state index contributed by atoms with van der Waals surface area (Å²) in [5.74, 6) is 1.40. The molecule has 5 rings (SSSR count). The van der Waals surface area contributed by atoms with E-state index in [1.54, 1.807) is 6.92 Å². The Kier molecular flexibility index (Phi) is 6.71. The topological polar surface area (TPSA) is 86.7 Å². The van der Waals surface area contributed by atoms with Crippen LogP contribution in [0, 0.1) is 0 Å². The molecule has 9 nitrogen and oxygen atoms in total. The Bertz CT molecular complexity index is 1120. The van der Waals surface area contributed by atoms with Crippen LogP contribution in [0.1, 0.15) is 19.8 Å². The minimum atomic E-state index is 0.161. The third-order valence-corrected chi connectivity index (χ3v) is 6.45. The number of para-hydroxylation sites is 1. The van der Waals surface area contributed by atoms with Crippen molar-refractivity contribution in [3.8, 4) is 0 Å². The number of nitrogens with zero attached hydrogens (tertiary/aromatic N) is 6. The van der Waals surface area contributed by atoms with Crippen LogP contribution in [0.4, 0.5) is 23.1 Å². The maximum absolute atomic E-state index is 11.8. The molecule has 2 fully saturated rings. The number of nitrogens with one attached hydrogen (secondary N) is 1. The van der Waals surface area contributed by atoms with Gasteiger partial charge in [-0.25, -0.2) is 15.0 Å². The fourth-order valence-electron chi connectivity index (χ4n) is 4.62. The number of pyridine rings is 1. The fourth-order valence-corrected chi connectivity index (χ4v) is 4.62. The van der Waals surface area contributed by atoms with E-state index in [2.05, 4.69) is 43.3 Å². The van der Waals surface area contributed by atoms with Gasteiger partial charge in [0.1, 0.15) is 5.82 Å². The van der Waals surface area contributed by atoms with Gasteiger partial charge in [0, 0.05) is 57.8 Å². The zero-order chi connectivity index (χ0) is 23.3. The Morgan fingerprint density at radius 2 is 1.71 bits per heavy atom. The van der Waals surface area contributed by atoms with Crippen molar-refractivity contribution in [1.29, 1.82) is 0 Å². The second kappa shape index (κ2) is 10.2. The van der Waals surface area contributed by atoms with Gasteiger partial charge in [0.05, 0.1) is 36.3 Å². The zero-order valence-corrected chi connectivity index (χ0v) is 19.6. The average molecular weight is 462 g/mol. The predicted octanol–water partition coefficient (Wildman–Crippen LogP) is 3.05. The molecule has 2 saturated heterocycles. The lowest BCUT2D eigenvalue weighted by atomic mass is 10.1. The summed E-state index contributed by atoms with van der Waals surface area (Å²) in [6.07, 6.45) is 5.61. The molecule has 178 valence electrons. The molecule has 0 spiro atoms. The van der Waals surface area contributed by atoms with Crippen LogP contribution in [-0.4, -0.2) is 78.2 Å². The van der Waals surface area contributed by atoms with Crippen molar-refractivity contribution >= 4 is 40.0 Å². The van der Waals surface area contributed by atoms with E-state index in [4.69, 9.17) is 9.72 Å². The van der Waals surface area contributed by atoms with Gasteiger partial charge in [0.2, 0.25) is 11.9 Å². The van der Waals surface area contributed by atoms with E-state index in [0.29, 0.717) is 11.8 Å². The van der Waals surface area contributed by atoms with E-state index in [1.165, 1.54) is 0 Å². The van der Waals surface area contributed by atoms with Crippen LogP contribution in [0.3, 0.4) is 0 Å². The van der Waals surface area contributed by atoms with Crippen LogP contribution < -0.4 is 15.1 Å². The van der Waals surface area contributed by atoms with Crippen molar-refractivity contribution in [2.45, 2.75) is 19.8 Å². The number of aromatic nitrogens is 3. The number of amides is 1. The molecule has 9 heteroatoms. The summed E-state index contributed by atoms with van der Waals surface area (Å²) >= 11 is 0. The summed E-state index contributed by atoms with van der Waals surface area (Å²) in [6.45, 7) is 8.29. The smallest absolute Gasteiger partial charge is 0.228 e. The van der Waals surface area contributed by atoms with Crippen molar-refractivity contribution in [2.75, 3.05) is 67.6 Å². The first kappa shape index (κ1) is 22.3. The Morgan fingerprint density at radius 1 is 0.912 bits per heavy atom. The molecule has 0 atom stereocenters. The number of benzene rings is 1. The minimum absolute atomic E-state index is 0.161. The van der Waals surface area contributed by atoms with E-state index >= 15 is 0 Å². The van der Waals surface area contributed by atoms with Gasteiger partial charge in [-0.15, -0.1) is 0 Å². The van der Waals surface area contributed by atoms with Crippen molar-refractivity contribution in [1.82, 2.24) is 19.9 Å². The van der Waals surface area contributed by atoms with E-state index in [9.17, 15) is 4.79 Å². The quantitative estimate of drug-likeness (QED) is 0.635. The SMILES string of the molecule is CC(=O)N1CCCN(c2cccc3cnc(Nc4ccc(N5CCOCC5)cn4)nc23)CCC1. The third kappa shape index (κ3) is 5.04. The molecule has 0 unspecified atom stereocenters. The van der Waals surface area contributed by atoms with Crippen LogP contribution >= 0.6 is 0 Å². The second-order valence-electron chi connectivity index (χ2n) is 8.73. The molecule has 1 amide bonds. The lowest BCUT2D eigenvalue weighted by Gasteiger charge is -2.31. The summed E-state index contributed by atoms with van der Waals surface area (Å²) < 4.78 is 5.43. The predicted molar refractivity (Wildman–Crippen MR) is 134 cm³/mol. The maximum Gasteiger partial charge on any atom is 0.228 e. The van der Waals surface area contributed by atoms with Crippen molar-refractivity contribution in [3.63, 3.8) is 0 Å². The molecular weight excluding hydrogens is 430 g/mol. The van der Waals surface area contributed by atoms with Gasteiger partial charge in [-0.2, -0.15) is 0 Å². The Balaban J connectivity index is 1.33. The average Bonchev–Trinajstić information content (AvgIpc) is 2.85. The molecule has 0 aliphatic carbocycles.